The molecule has 0 N–H and O–H groups in total. The number of benzene rings is 1. The van der Waals surface area contributed by atoms with E-state index in [0.29, 0.717) is 0 Å². The van der Waals surface area contributed by atoms with E-state index >= 15 is 0 Å². The van der Waals surface area contributed by atoms with Gasteiger partial charge in [-0.25, -0.2) is 0 Å². The first kappa shape index (κ1) is 10.1. The second-order valence-corrected chi connectivity index (χ2v) is 6.18. The highest BCUT2D eigenvalue weighted by Crippen LogP contribution is 2.52. The Labute approximate surface area is 104 Å². The van der Waals surface area contributed by atoms with Crippen LogP contribution >= 0.6 is 0 Å². The summed E-state index contributed by atoms with van der Waals surface area (Å²) in [5, 5.41) is 0. The second-order valence-electron chi connectivity index (χ2n) is 6.18. The van der Waals surface area contributed by atoms with Crippen molar-refractivity contribution >= 4 is 0 Å². The van der Waals surface area contributed by atoms with Gasteiger partial charge in [-0.2, -0.15) is 0 Å². The van der Waals surface area contributed by atoms with Crippen molar-refractivity contribution in [1.29, 1.82) is 0 Å². The van der Waals surface area contributed by atoms with E-state index in [0.717, 1.165) is 23.9 Å². The first-order valence-corrected chi connectivity index (χ1v) is 7.16. The molecule has 1 heterocycles. The average molecular weight is 227 g/mol. The molecule has 4 atom stereocenters. The lowest BCUT2D eigenvalue weighted by atomic mass is 9.77. The number of fused-ring (bicyclic) bond motifs is 5. The zero-order chi connectivity index (χ0) is 11.4. The Balaban J connectivity index is 1.77. The van der Waals surface area contributed by atoms with Crippen LogP contribution in [0.2, 0.25) is 0 Å². The fraction of sp³-hybridized carbons (Fsp3) is 0.625. The summed E-state index contributed by atoms with van der Waals surface area (Å²) >= 11 is 0. The number of nitrogens with zero attached hydrogens (tertiary/aromatic N) is 1. The third kappa shape index (κ3) is 1.29. The predicted molar refractivity (Wildman–Crippen MR) is 70.2 cm³/mol. The number of hydrogen-bond acceptors (Lipinski definition) is 1. The van der Waals surface area contributed by atoms with Gasteiger partial charge in [0.05, 0.1) is 0 Å². The number of rotatable bonds is 0. The maximum absolute atomic E-state index is 2.72. The molecule has 2 aliphatic carbocycles. The van der Waals surface area contributed by atoms with E-state index in [1.54, 1.807) is 11.1 Å². The summed E-state index contributed by atoms with van der Waals surface area (Å²) in [6, 6.07) is 10.9. The molecule has 1 saturated heterocycles. The van der Waals surface area contributed by atoms with E-state index in [9.17, 15) is 0 Å². The Morgan fingerprint density at radius 3 is 2.82 bits per heavy atom. The van der Waals surface area contributed by atoms with Crippen LogP contribution in [0.3, 0.4) is 0 Å². The van der Waals surface area contributed by atoms with Gasteiger partial charge in [-0.05, 0) is 43.4 Å². The molecule has 1 heteroatoms. The maximum Gasteiger partial charge on any atom is 0.0208 e. The molecule has 0 aromatic heterocycles. The van der Waals surface area contributed by atoms with Crippen molar-refractivity contribution in [2.75, 3.05) is 7.05 Å². The summed E-state index contributed by atoms with van der Waals surface area (Å²) in [4.78, 5) is 2.72. The van der Waals surface area contributed by atoms with Crippen molar-refractivity contribution in [2.45, 2.75) is 50.1 Å². The van der Waals surface area contributed by atoms with Crippen LogP contribution in [0.25, 0.3) is 0 Å². The molecule has 4 unspecified atom stereocenters. The monoisotopic (exact) mass is 227 g/mol. The van der Waals surface area contributed by atoms with Crippen molar-refractivity contribution in [2.24, 2.45) is 5.92 Å². The number of hydrogen-bond donors (Lipinski definition) is 0. The Kier molecular flexibility index (Phi) is 2.14. The van der Waals surface area contributed by atoms with Crippen LogP contribution in [-0.4, -0.2) is 24.0 Å². The molecule has 4 rings (SSSR count). The summed E-state index contributed by atoms with van der Waals surface area (Å²) in [5.41, 5.74) is 3.30. The van der Waals surface area contributed by atoms with Gasteiger partial charge in [0, 0.05) is 18.0 Å². The predicted octanol–water partition coefficient (Wildman–Crippen LogP) is 3.20. The molecule has 0 amide bonds. The molecule has 0 spiro atoms. The highest BCUT2D eigenvalue weighted by molar-refractivity contribution is 5.40. The van der Waals surface area contributed by atoms with Crippen LogP contribution in [0.4, 0.5) is 0 Å². The first-order valence-electron chi connectivity index (χ1n) is 7.16. The quantitative estimate of drug-likeness (QED) is 0.658. The summed E-state index contributed by atoms with van der Waals surface area (Å²) in [6.45, 7) is 0. The van der Waals surface area contributed by atoms with Gasteiger partial charge in [-0.3, -0.25) is 4.90 Å². The zero-order valence-electron chi connectivity index (χ0n) is 10.6. The van der Waals surface area contributed by atoms with Crippen molar-refractivity contribution in [3.05, 3.63) is 35.4 Å². The van der Waals surface area contributed by atoms with Gasteiger partial charge in [-0.15, -0.1) is 0 Å². The van der Waals surface area contributed by atoms with Crippen molar-refractivity contribution in [3.8, 4) is 0 Å². The fourth-order valence-corrected chi connectivity index (χ4v) is 4.83. The van der Waals surface area contributed by atoms with Crippen molar-refractivity contribution < 1.29 is 0 Å². The lowest BCUT2D eigenvalue weighted by molar-refractivity contribution is 0.186. The van der Waals surface area contributed by atoms with Crippen LogP contribution in [-0.2, 0) is 6.42 Å². The fourth-order valence-electron chi connectivity index (χ4n) is 4.83. The minimum atomic E-state index is 0.806. The van der Waals surface area contributed by atoms with Gasteiger partial charge < -0.3 is 0 Å². The van der Waals surface area contributed by atoms with Crippen LogP contribution in [0.1, 0.15) is 42.7 Å². The lowest BCUT2D eigenvalue weighted by Crippen LogP contribution is -2.35. The van der Waals surface area contributed by atoms with Crippen molar-refractivity contribution in [1.82, 2.24) is 4.90 Å². The molecule has 0 radical (unpaired) electrons. The Morgan fingerprint density at radius 2 is 1.88 bits per heavy atom. The maximum atomic E-state index is 2.72. The molecule has 1 saturated carbocycles. The van der Waals surface area contributed by atoms with E-state index in [1.807, 2.05) is 0 Å². The summed E-state index contributed by atoms with van der Waals surface area (Å²) in [5.74, 6) is 1.80. The molecule has 90 valence electrons. The third-order valence-corrected chi connectivity index (χ3v) is 5.55. The summed E-state index contributed by atoms with van der Waals surface area (Å²) in [6.07, 6.45) is 7.11. The van der Waals surface area contributed by atoms with E-state index in [4.69, 9.17) is 0 Å². The topological polar surface area (TPSA) is 3.24 Å². The van der Waals surface area contributed by atoms with Gasteiger partial charge in [-0.1, -0.05) is 37.1 Å². The first-order chi connectivity index (χ1) is 8.36. The van der Waals surface area contributed by atoms with Crippen LogP contribution in [0.5, 0.6) is 0 Å². The standard InChI is InChI=1S/C16H21N/c1-17-14-9-5-4-8-13(14)16-12-7-3-2-6-11(12)10-15(16)17/h2-3,6-7,13-16H,4-5,8-10H2,1H3. The van der Waals surface area contributed by atoms with Crippen molar-refractivity contribution in [3.63, 3.8) is 0 Å². The number of likely N-dealkylation sites (N-methyl/N-ethyl adjacent to an activating group) is 1. The smallest absolute Gasteiger partial charge is 0.0208 e. The third-order valence-electron chi connectivity index (χ3n) is 5.55. The molecule has 1 aromatic rings. The Bertz CT molecular complexity index is 439. The van der Waals surface area contributed by atoms with Crippen LogP contribution in [0, 0.1) is 5.92 Å². The molecular weight excluding hydrogens is 206 g/mol. The Hall–Kier alpha value is -0.820. The number of likely N-dealkylation sites (tertiary alicyclic amines) is 1. The van der Waals surface area contributed by atoms with E-state index in [-0.39, 0.29) is 0 Å². The van der Waals surface area contributed by atoms with E-state index < -0.39 is 0 Å². The van der Waals surface area contributed by atoms with Gasteiger partial charge in [0.1, 0.15) is 0 Å². The molecule has 3 aliphatic rings. The molecule has 1 aliphatic heterocycles. The zero-order valence-corrected chi connectivity index (χ0v) is 10.6. The molecular formula is C16H21N. The molecule has 2 fully saturated rings. The van der Waals surface area contributed by atoms with E-state index in [2.05, 4.69) is 36.2 Å². The average Bonchev–Trinajstić information content (AvgIpc) is 2.88. The summed E-state index contributed by atoms with van der Waals surface area (Å²) < 4.78 is 0. The SMILES string of the molecule is CN1C2CCCCC2C2c3ccccc3CC21. The normalized spacial score (nSPS) is 39.8. The highest BCUT2D eigenvalue weighted by atomic mass is 15.2. The minimum absolute atomic E-state index is 0.806. The molecule has 17 heavy (non-hydrogen) atoms. The largest absolute Gasteiger partial charge is 0.299 e. The molecule has 0 bridgehead atoms. The minimum Gasteiger partial charge on any atom is -0.299 e. The molecule has 1 aromatic carbocycles. The second kappa shape index (κ2) is 3.58. The highest BCUT2D eigenvalue weighted by Gasteiger charge is 2.51. The molecule has 1 nitrogen and oxygen atoms in total. The van der Waals surface area contributed by atoms with Gasteiger partial charge in [0.25, 0.3) is 0 Å². The van der Waals surface area contributed by atoms with Gasteiger partial charge in [0.15, 0.2) is 0 Å². The van der Waals surface area contributed by atoms with Gasteiger partial charge in [0.2, 0.25) is 0 Å². The van der Waals surface area contributed by atoms with Gasteiger partial charge >= 0.3 is 0 Å². The lowest BCUT2D eigenvalue weighted by Gasteiger charge is -2.32. The van der Waals surface area contributed by atoms with E-state index in [1.165, 1.54) is 32.1 Å². The Morgan fingerprint density at radius 1 is 1.06 bits per heavy atom. The van der Waals surface area contributed by atoms with Crippen LogP contribution < -0.4 is 0 Å². The van der Waals surface area contributed by atoms with Crippen LogP contribution in [0.15, 0.2) is 24.3 Å². The summed E-state index contributed by atoms with van der Waals surface area (Å²) in [7, 11) is 2.37.